The molecule has 3 atom stereocenters. The molecule has 3 unspecified atom stereocenters. The number of amides is 2. The van der Waals surface area contributed by atoms with Crippen molar-refractivity contribution >= 4 is 127 Å². The summed E-state index contributed by atoms with van der Waals surface area (Å²) in [6.45, 7) is 4.81. The number of aromatic nitrogens is 6. The minimum absolute atomic E-state index is 0.133. The van der Waals surface area contributed by atoms with Gasteiger partial charge in [0.05, 0.1) is 36.9 Å². The van der Waals surface area contributed by atoms with Gasteiger partial charge in [-0.05, 0) is 133 Å². The molecular weight excluding hydrogens is 1010 g/mol. The van der Waals surface area contributed by atoms with Crippen molar-refractivity contribution in [1.29, 1.82) is 0 Å². The lowest BCUT2D eigenvalue weighted by atomic mass is 10.1. The predicted molar refractivity (Wildman–Crippen MR) is 291 cm³/mol. The largest absolute Gasteiger partial charge is 0.356 e. The highest BCUT2D eigenvalue weighted by molar-refractivity contribution is 7.24. The molecule has 9 aromatic rings. The Morgan fingerprint density at radius 3 is 1.76 bits per heavy atom. The molecule has 0 bridgehead atoms. The van der Waals surface area contributed by atoms with Crippen molar-refractivity contribution in [2.24, 2.45) is 0 Å². The number of likely N-dealkylation sites (tertiary alicyclic amines) is 2. The topological polar surface area (TPSA) is 162 Å². The summed E-state index contributed by atoms with van der Waals surface area (Å²) in [5.74, 6) is 0.344. The van der Waals surface area contributed by atoms with Gasteiger partial charge in [0.1, 0.15) is 31.8 Å². The quantitative estimate of drug-likeness (QED) is 0.126. The fourth-order valence-electron chi connectivity index (χ4n) is 10.7. The Balaban J connectivity index is 0.000000162. The number of nitrogens with one attached hydrogen (secondary N) is 2. The van der Waals surface area contributed by atoms with Crippen molar-refractivity contribution in [3.8, 4) is 0 Å². The van der Waals surface area contributed by atoms with Gasteiger partial charge < -0.3 is 25.3 Å². The number of carbonyl (C=O) groups is 2. The molecule has 12 rings (SSSR count). The molecule has 20 heteroatoms. The van der Waals surface area contributed by atoms with Crippen LogP contribution in [-0.2, 0) is 0 Å². The number of halogens is 3. The first-order chi connectivity index (χ1) is 34.9. The zero-order chi connectivity index (χ0) is 49.8. The van der Waals surface area contributed by atoms with Crippen molar-refractivity contribution < 1.29 is 9.59 Å². The van der Waals surface area contributed by atoms with Gasteiger partial charge in [0.2, 0.25) is 10.9 Å². The van der Waals surface area contributed by atoms with E-state index in [1.54, 1.807) is 36.7 Å². The Hall–Kier alpha value is -5.79. The molecule has 0 aliphatic carbocycles. The van der Waals surface area contributed by atoms with Crippen LogP contribution in [0.25, 0.3) is 52.2 Å². The Bertz CT molecular complexity index is 3720. The Morgan fingerprint density at radius 2 is 1.24 bits per heavy atom. The van der Waals surface area contributed by atoms with E-state index in [0.717, 1.165) is 90.2 Å². The minimum Gasteiger partial charge on any atom is -0.356 e. The van der Waals surface area contributed by atoms with Crippen LogP contribution in [0.2, 0.25) is 15.2 Å². The molecule has 0 radical (unpaired) electrons. The summed E-state index contributed by atoms with van der Waals surface area (Å²) >= 11 is 21.6. The standard InChI is InChI=1S/C30H30ClN7O2S.C22H20Cl2N4O2S/c1-36-13-2-3-20(36)8-10-34-29(40)26-27(39)21-5-7-25(37-14-9-18(17-37)22-16-32-11-12-33-22)35-28(21)38-23-15-19(31)4-6-24(23)41-30(26)38;1-27-10-2-3-13(27)8-9-25-21(30)18-19(29)14-5-7-17(24)26-20(14)28-15-11-12(23)4-6-16(15)31-22(18)28/h4-7,11-12,15-16,18,20H,2-3,8-10,13-14,17H2,1H3,(H,34,40);4-7,11,13H,2-3,8-10H2,1H3,(H,25,30). The number of pyridine rings is 4. The SMILES string of the molecule is CN1CCCC1CCNC(=O)c1c(=O)c2ccc(Cl)nc2n2c1sc1ccc(Cl)cc12.CN1CCCC1CCNC(=O)c1c(=O)c2ccc(N3CCC(c4cnccn4)C3)nc2n2c1sc1ccc(Cl)cc12. The van der Waals surface area contributed by atoms with Gasteiger partial charge in [0.25, 0.3) is 11.8 Å². The van der Waals surface area contributed by atoms with E-state index in [1.807, 2.05) is 51.4 Å². The zero-order valence-electron chi connectivity index (χ0n) is 39.5. The van der Waals surface area contributed by atoms with Crippen LogP contribution >= 0.6 is 57.5 Å². The summed E-state index contributed by atoms with van der Waals surface area (Å²) in [5.41, 5.74) is 3.19. The van der Waals surface area contributed by atoms with Gasteiger partial charge in [-0.3, -0.25) is 37.9 Å². The molecule has 0 saturated carbocycles. The molecule has 72 heavy (non-hydrogen) atoms. The van der Waals surface area contributed by atoms with Gasteiger partial charge >= 0.3 is 0 Å². The molecule has 3 aliphatic rings. The second-order valence-corrected chi connectivity index (χ2v) is 22.2. The Kier molecular flexibility index (Phi) is 13.6. The lowest BCUT2D eigenvalue weighted by Crippen LogP contribution is -2.34. The van der Waals surface area contributed by atoms with E-state index in [4.69, 9.17) is 39.8 Å². The monoisotopic (exact) mass is 1060 g/mol. The second kappa shape index (κ2) is 20.3. The lowest BCUT2D eigenvalue weighted by molar-refractivity contribution is 0.0942. The first-order valence-corrected chi connectivity index (χ1v) is 27.0. The first kappa shape index (κ1) is 48.5. The number of fused-ring (bicyclic) bond motifs is 10. The van der Waals surface area contributed by atoms with E-state index >= 15 is 0 Å². The summed E-state index contributed by atoms with van der Waals surface area (Å²) in [4.78, 5) is 80.1. The van der Waals surface area contributed by atoms with Crippen LogP contribution in [0, 0.1) is 0 Å². The van der Waals surface area contributed by atoms with E-state index in [2.05, 4.69) is 54.4 Å². The fraction of sp³-hybridized carbons (Fsp3) is 0.346. The zero-order valence-corrected chi connectivity index (χ0v) is 43.4. The van der Waals surface area contributed by atoms with Crippen LogP contribution in [0.1, 0.15) is 77.3 Å². The predicted octanol–water partition coefficient (Wildman–Crippen LogP) is 9.30. The Morgan fingerprint density at radius 1 is 0.681 bits per heavy atom. The van der Waals surface area contributed by atoms with Gasteiger partial charge in [0.15, 0.2) is 11.3 Å². The summed E-state index contributed by atoms with van der Waals surface area (Å²) in [7, 11) is 4.24. The Labute approximate surface area is 436 Å². The van der Waals surface area contributed by atoms with Crippen LogP contribution in [0.15, 0.2) is 88.8 Å². The number of nitrogens with zero attached hydrogens (tertiary/aromatic N) is 9. The molecular formula is C52H50Cl3N11O4S2. The molecule has 7 aromatic heterocycles. The maximum atomic E-state index is 13.9. The first-order valence-electron chi connectivity index (χ1n) is 24.2. The van der Waals surface area contributed by atoms with Crippen LogP contribution in [0.5, 0.6) is 0 Å². The molecule has 370 valence electrons. The van der Waals surface area contributed by atoms with Crippen molar-refractivity contribution in [1.82, 2.24) is 49.2 Å². The molecule has 2 aromatic carbocycles. The number of rotatable bonds is 10. The number of benzene rings is 2. The number of hydrogen-bond acceptors (Lipinski definition) is 13. The number of hydrogen-bond donors (Lipinski definition) is 2. The molecule has 0 spiro atoms. The number of thiazole rings is 2. The van der Waals surface area contributed by atoms with E-state index in [1.165, 1.54) is 35.5 Å². The smallest absolute Gasteiger partial charge is 0.258 e. The van der Waals surface area contributed by atoms with Crippen LogP contribution < -0.4 is 26.4 Å². The minimum atomic E-state index is -0.363. The van der Waals surface area contributed by atoms with Gasteiger partial charge in [-0.1, -0.05) is 34.8 Å². The number of anilines is 1. The highest BCUT2D eigenvalue weighted by Crippen LogP contribution is 2.36. The summed E-state index contributed by atoms with van der Waals surface area (Å²) in [6.07, 6.45) is 12.5. The average Bonchev–Trinajstić information content (AvgIpc) is 4.24. The third kappa shape index (κ3) is 9.18. The van der Waals surface area contributed by atoms with E-state index in [0.29, 0.717) is 66.9 Å². The van der Waals surface area contributed by atoms with E-state index < -0.39 is 0 Å². The van der Waals surface area contributed by atoms with E-state index in [9.17, 15) is 19.2 Å². The highest BCUT2D eigenvalue weighted by atomic mass is 35.5. The van der Waals surface area contributed by atoms with E-state index in [-0.39, 0.29) is 44.9 Å². The van der Waals surface area contributed by atoms with Crippen molar-refractivity contribution in [2.45, 2.75) is 62.9 Å². The summed E-state index contributed by atoms with van der Waals surface area (Å²) in [5, 5.41) is 8.19. The van der Waals surface area contributed by atoms with Gasteiger partial charge in [0, 0.05) is 72.8 Å². The van der Waals surface area contributed by atoms with Crippen molar-refractivity contribution in [3.05, 3.63) is 132 Å². The summed E-state index contributed by atoms with van der Waals surface area (Å²) in [6, 6.07) is 18.9. The molecule has 3 saturated heterocycles. The fourth-order valence-corrected chi connectivity index (χ4v) is 13.5. The second-order valence-electron chi connectivity index (χ2n) is 18.9. The average molecular weight is 1060 g/mol. The molecule has 2 N–H and O–H groups in total. The third-order valence-corrected chi connectivity index (χ3v) is 17.4. The van der Waals surface area contributed by atoms with Gasteiger partial charge in [-0.15, -0.1) is 22.7 Å². The number of carbonyl (C=O) groups excluding carboxylic acids is 2. The summed E-state index contributed by atoms with van der Waals surface area (Å²) < 4.78 is 5.58. The highest BCUT2D eigenvalue weighted by Gasteiger charge is 2.29. The lowest BCUT2D eigenvalue weighted by Gasteiger charge is -2.19. The molecule has 2 amide bonds. The molecule has 10 heterocycles. The van der Waals surface area contributed by atoms with Gasteiger partial charge in [-0.2, -0.15) is 0 Å². The maximum Gasteiger partial charge on any atom is 0.258 e. The van der Waals surface area contributed by atoms with Crippen molar-refractivity contribution in [2.75, 3.05) is 58.3 Å². The van der Waals surface area contributed by atoms with Crippen molar-refractivity contribution in [3.63, 3.8) is 0 Å². The normalized spacial score (nSPS) is 18.6. The molecule has 3 fully saturated rings. The van der Waals surface area contributed by atoms with Crippen LogP contribution in [0.3, 0.4) is 0 Å². The maximum absolute atomic E-state index is 13.9. The third-order valence-electron chi connectivity index (χ3n) is 14.5. The molecule has 15 nitrogen and oxygen atoms in total. The van der Waals surface area contributed by atoms with Crippen LogP contribution in [-0.4, -0.2) is 116 Å². The van der Waals surface area contributed by atoms with Crippen LogP contribution in [0.4, 0.5) is 5.82 Å². The van der Waals surface area contributed by atoms with Gasteiger partial charge in [-0.25, -0.2) is 9.97 Å². The molecule has 3 aliphatic heterocycles.